The van der Waals surface area contributed by atoms with E-state index in [2.05, 4.69) is 10.6 Å². The summed E-state index contributed by atoms with van der Waals surface area (Å²) in [6.07, 6.45) is 0. The molecule has 0 aliphatic heterocycles. The normalized spacial score (nSPS) is 10.0. The van der Waals surface area contributed by atoms with E-state index in [1.807, 2.05) is 20.8 Å². The van der Waals surface area contributed by atoms with E-state index in [1.165, 1.54) is 6.92 Å². The number of carbonyl (C=O) groups excluding carboxylic acids is 2. The third-order valence-electron chi connectivity index (χ3n) is 2.96. The fraction of sp³-hybridized carbons (Fsp3) is 0.529. The van der Waals surface area contributed by atoms with E-state index in [4.69, 9.17) is 14.2 Å². The van der Waals surface area contributed by atoms with Crippen LogP contribution >= 0.6 is 0 Å². The minimum atomic E-state index is -0.273. The summed E-state index contributed by atoms with van der Waals surface area (Å²) in [7, 11) is 0. The number of ether oxygens (including phenoxy) is 3. The topological polar surface area (TPSA) is 85.9 Å². The third kappa shape index (κ3) is 5.98. The molecule has 7 heteroatoms. The van der Waals surface area contributed by atoms with Gasteiger partial charge in [0.2, 0.25) is 11.7 Å². The summed E-state index contributed by atoms with van der Waals surface area (Å²) in [4.78, 5) is 23.1. The number of nitrogens with one attached hydrogen (secondary N) is 2. The maximum atomic E-state index is 12.3. The first-order valence-corrected chi connectivity index (χ1v) is 8.12. The first kappa shape index (κ1) is 19.6. The molecule has 0 aromatic heterocycles. The van der Waals surface area contributed by atoms with Crippen LogP contribution in [0.5, 0.6) is 17.2 Å². The molecule has 0 aliphatic rings. The van der Waals surface area contributed by atoms with Gasteiger partial charge in [-0.2, -0.15) is 0 Å². The van der Waals surface area contributed by atoms with Gasteiger partial charge in [0.05, 0.1) is 19.8 Å². The van der Waals surface area contributed by atoms with Gasteiger partial charge >= 0.3 is 0 Å². The van der Waals surface area contributed by atoms with Crippen LogP contribution in [0.1, 0.15) is 38.1 Å². The minimum Gasteiger partial charge on any atom is -0.490 e. The number of rotatable bonds is 10. The van der Waals surface area contributed by atoms with Crippen LogP contribution in [0.25, 0.3) is 0 Å². The standard InChI is InChI=1S/C17H26N2O5/c1-5-22-14-10-13(17(21)19-9-8-18-12(4)20)11-15(23-6-2)16(14)24-7-3/h10-11H,5-9H2,1-4H3,(H,18,20)(H,19,21). The second-order valence-electron chi connectivity index (χ2n) is 4.84. The molecule has 0 bridgehead atoms. The molecule has 0 radical (unpaired) electrons. The number of hydrogen-bond donors (Lipinski definition) is 2. The highest BCUT2D eigenvalue weighted by atomic mass is 16.5. The zero-order valence-corrected chi connectivity index (χ0v) is 14.7. The van der Waals surface area contributed by atoms with Crippen LogP contribution in [-0.2, 0) is 4.79 Å². The largest absolute Gasteiger partial charge is 0.490 e. The van der Waals surface area contributed by atoms with Gasteiger partial charge in [-0.3, -0.25) is 9.59 Å². The molecule has 0 atom stereocenters. The van der Waals surface area contributed by atoms with Crippen molar-refractivity contribution in [1.82, 2.24) is 10.6 Å². The van der Waals surface area contributed by atoms with E-state index in [9.17, 15) is 9.59 Å². The second kappa shape index (κ2) is 10.4. The van der Waals surface area contributed by atoms with Gasteiger partial charge in [-0.15, -0.1) is 0 Å². The molecule has 134 valence electrons. The molecule has 0 unspecified atom stereocenters. The van der Waals surface area contributed by atoms with E-state index in [0.717, 1.165) is 0 Å². The lowest BCUT2D eigenvalue weighted by molar-refractivity contribution is -0.118. The van der Waals surface area contributed by atoms with Crippen LogP contribution in [0.3, 0.4) is 0 Å². The molecule has 2 N–H and O–H groups in total. The molecule has 0 saturated heterocycles. The molecule has 0 saturated carbocycles. The zero-order valence-electron chi connectivity index (χ0n) is 14.7. The molecule has 24 heavy (non-hydrogen) atoms. The van der Waals surface area contributed by atoms with Crippen LogP contribution in [-0.4, -0.2) is 44.7 Å². The molecule has 1 rings (SSSR count). The fourth-order valence-electron chi connectivity index (χ4n) is 2.04. The van der Waals surface area contributed by atoms with Gasteiger partial charge in [0.1, 0.15) is 0 Å². The van der Waals surface area contributed by atoms with E-state index in [1.54, 1.807) is 12.1 Å². The SMILES string of the molecule is CCOc1cc(C(=O)NCCNC(C)=O)cc(OCC)c1OCC. The van der Waals surface area contributed by atoms with E-state index in [0.29, 0.717) is 55.7 Å². The van der Waals surface area contributed by atoms with Crippen LogP contribution in [0.4, 0.5) is 0 Å². The average molecular weight is 338 g/mol. The Balaban J connectivity index is 2.96. The molecule has 2 amide bonds. The lowest BCUT2D eigenvalue weighted by atomic mass is 10.1. The van der Waals surface area contributed by atoms with Crippen LogP contribution in [0.2, 0.25) is 0 Å². The number of amides is 2. The Morgan fingerprint density at radius 2 is 1.38 bits per heavy atom. The van der Waals surface area contributed by atoms with Crippen LogP contribution < -0.4 is 24.8 Å². The van der Waals surface area contributed by atoms with Crippen LogP contribution in [0.15, 0.2) is 12.1 Å². The van der Waals surface area contributed by atoms with Gasteiger partial charge in [-0.05, 0) is 32.9 Å². The van der Waals surface area contributed by atoms with E-state index < -0.39 is 0 Å². The highest BCUT2D eigenvalue weighted by Gasteiger charge is 2.18. The van der Waals surface area contributed by atoms with Gasteiger partial charge in [0.15, 0.2) is 11.5 Å². The number of benzene rings is 1. The van der Waals surface area contributed by atoms with E-state index in [-0.39, 0.29) is 11.8 Å². The van der Waals surface area contributed by atoms with Crippen molar-refractivity contribution in [3.63, 3.8) is 0 Å². The maximum Gasteiger partial charge on any atom is 0.251 e. The van der Waals surface area contributed by atoms with Crippen molar-refractivity contribution < 1.29 is 23.8 Å². The second-order valence-corrected chi connectivity index (χ2v) is 4.84. The van der Waals surface area contributed by atoms with Gasteiger partial charge in [-0.1, -0.05) is 0 Å². The molecular weight excluding hydrogens is 312 g/mol. The predicted molar refractivity (Wildman–Crippen MR) is 91.0 cm³/mol. The summed E-state index contributed by atoms with van der Waals surface area (Å²) < 4.78 is 16.8. The Hall–Kier alpha value is -2.44. The van der Waals surface area contributed by atoms with Crippen molar-refractivity contribution in [3.05, 3.63) is 17.7 Å². The quantitative estimate of drug-likeness (QED) is 0.635. The maximum absolute atomic E-state index is 12.3. The van der Waals surface area contributed by atoms with Gasteiger partial charge in [-0.25, -0.2) is 0 Å². The molecular formula is C17H26N2O5. The summed E-state index contributed by atoms with van der Waals surface area (Å²) in [5.41, 5.74) is 0.410. The fourth-order valence-corrected chi connectivity index (χ4v) is 2.04. The Morgan fingerprint density at radius 1 is 0.875 bits per heavy atom. The molecule has 7 nitrogen and oxygen atoms in total. The summed E-state index contributed by atoms with van der Waals surface area (Å²) in [6.45, 7) is 9.06. The molecule has 0 heterocycles. The molecule has 0 fully saturated rings. The van der Waals surface area contributed by atoms with Crippen molar-refractivity contribution in [2.45, 2.75) is 27.7 Å². The zero-order chi connectivity index (χ0) is 17.9. The van der Waals surface area contributed by atoms with Gasteiger partial charge in [0.25, 0.3) is 5.91 Å². The highest BCUT2D eigenvalue weighted by Crippen LogP contribution is 2.39. The molecule has 1 aromatic carbocycles. The third-order valence-corrected chi connectivity index (χ3v) is 2.96. The van der Waals surface area contributed by atoms with Crippen LogP contribution in [0, 0.1) is 0 Å². The van der Waals surface area contributed by atoms with E-state index >= 15 is 0 Å². The molecule has 0 aliphatic carbocycles. The monoisotopic (exact) mass is 338 g/mol. The summed E-state index contributed by atoms with van der Waals surface area (Å²) in [5, 5.41) is 5.36. The Morgan fingerprint density at radius 3 is 1.83 bits per heavy atom. The van der Waals surface area contributed by atoms with Crippen molar-refractivity contribution in [3.8, 4) is 17.2 Å². The summed E-state index contributed by atoms with van der Waals surface area (Å²) in [5.74, 6) is 1.03. The van der Waals surface area contributed by atoms with Gasteiger partial charge < -0.3 is 24.8 Å². The number of hydrogen-bond acceptors (Lipinski definition) is 5. The molecule has 0 spiro atoms. The summed E-state index contributed by atoms with van der Waals surface area (Å²) in [6, 6.07) is 3.26. The smallest absolute Gasteiger partial charge is 0.251 e. The Bertz CT molecular complexity index is 533. The van der Waals surface area contributed by atoms with Crippen molar-refractivity contribution in [2.24, 2.45) is 0 Å². The predicted octanol–water partition coefficient (Wildman–Crippen LogP) is 1.75. The van der Waals surface area contributed by atoms with Gasteiger partial charge in [0, 0.05) is 25.6 Å². The minimum absolute atomic E-state index is 0.136. The Kier molecular flexibility index (Phi) is 8.46. The van der Waals surface area contributed by atoms with Crippen molar-refractivity contribution >= 4 is 11.8 Å². The molecule has 1 aromatic rings. The number of carbonyl (C=O) groups is 2. The highest BCUT2D eigenvalue weighted by molar-refractivity contribution is 5.95. The first-order chi connectivity index (χ1) is 11.5. The summed E-state index contributed by atoms with van der Waals surface area (Å²) >= 11 is 0. The van der Waals surface area contributed by atoms with Crippen molar-refractivity contribution in [1.29, 1.82) is 0 Å². The average Bonchev–Trinajstić information content (AvgIpc) is 2.54. The Labute approximate surface area is 142 Å². The van der Waals surface area contributed by atoms with Crippen molar-refractivity contribution in [2.75, 3.05) is 32.9 Å². The lowest BCUT2D eigenvalue weighted by Gasteiger charge is -2.17. The first-order valence-electron chi connectivity index (χ1n) is 8.12. The lowest BCUT2D eigenvalue weighted by Crippen LogP contribution is -2.33.